The number of carboxylic acids is 1. The third kappa shape index (κ3) is 123. The molecule has 0 atom stereocenters. The molecule has 0 aromatic rings. The van der Waals surface area contributed by atoms with E-state index in [1.165, 1.54) is 0 Å². The molecular weight excluding hydrogens is 79.0 g/mol. The average molecular weight is 83.0 g/mol. The van der Waals surface area contributed by atoms with Gasteiger partial charge in [0.15, 0.2) is 0 Å². The molecule has 0 spiro atoms. The number of hydrogen-bond acceptors (Lipinski definition) is 1. The van der Waals surface area contributed by atoms with Crippen molar-refractivity contribution in [3.8, 4) is 0 Å². The third-order valence-corrected chi connectivity index (χ3v) is 0. The van der Waals surface area contributed by atoms with Gasteiger partial charge in [-0.2, -0.15) is 0 Å². The third-order valence-electron chi connectivity index (χ3n) is 0. The van der Waals surface area contributed by atoms with Gasteiger partial charge in [-0.3, -0.25) is 4.79 Å². The summed E-state index contributed by atoms with van der Waals surface area (Å²) in [6, 6.07) is 0. The summed E-state index contributed by atoms with van der Waals surface area (Å²) in [5, 5.41) is 7.31. The Bertz CT molecular complexity index is 30.6. The molecule has 0 aliphatic carbocycles. The van der Waals surface area contributed by atoms with Crippen molar-refractivity contribution in [1.82, 2.24) is 0 Å². The second-order valence-corrected chi connectivity index (χ2v) is 0.394. The summed E-state index contributed by atoms with van der Waals surface area (Å²) in [5.41, 5.74) is 0. The number of rotatable bonds is 0. The zero-order valence-corrected chi connectivity index (χ0v) is 2.06. The Morgan fingerprint density at radius 1 is 1.80 bits per heavy atom. The molecule has 5 heavy (non-hydrogen) atoms. The summed E-state index contributed by atoms with van der Waals surface area (Å²) in [5.74, 6) is -1.08. The summed E-state index contributed by atoms with van der Waals surface area (Å²) >= 11 is 0. The van der Waals surface area contributed by atoms with Gasteiger partial charge in [-0.1, -0.05) is 0 Å². The maximum atomic E-state index is 8.89. The first-order valence-electron chi connectivity index (χ1n) is 0.781. The normalized spacial score (nSPS) is 5.00. The molecule has 0 amide bonds. The molecule has 25 valence electrons. The molecule has 0 aliphatic rings. The van der Waals surface area contributed by atoms with E-state index < -0.39 is 5.97 Å². The molecule has 0 unspecified atom stereocenters. The molecular formula is C2H4NaO2. The molecule has 0 aromatic heterocycles. The fourth-order valence-corrected chi connectivity index (χ4v) is 0. The van der Waals surface area contributed by atoms with Crippen LogP contribution in [0.4, 0.5) is 0 Å². The van der Waals surface area contributed by atoms with Gasteiger partial charge in [0.1, 0.15) is 0 Å². The molecule has 2 nitrogen and oxygen atoms in total. The van der Waals surface area contributed by atoms with E-state index in [1.54, 1.807) is 0 Å². The summed E-state index contributed by atoms with van der Waals surface area (Å²) in [6.45, 7) is 2.56. The van der Waals surface area contributed by atoms with Crippen LogP contribution < -0.4 is 0 Å². The maximum absolute atomic E-state index is 8.89. The van der Waals surface area contributed by atoms with Gasteiger partial charge in [-0.25, -0.2) is 0 Å². The van der Waals surface area contributed by atoms with Gasteiger partial charge in [0.05, 0.1) is 6.92 Å². The Kier molecular flexibility index (Phi) is 8.11. The quantitative estimate of drug-likeness (QED) is 0.391. The Morgan fingerprint density at radius 2 is 1.80 bits per heavy atom. The predicted molar refractivity (Wildman–Crippen MR) is 20.1 cm³/mol. The summed E-state index contributed by atoms with van der Waals surface area (Å²) in [7, 11) is 0. The van der Waals surface area contributed by atoms with Crippen LogP contribution in [0.25, 0.3) is 0 Å². The molecule has 1 radical (unpaired) electrons. The van der Waals surface area contributed by atoms with Crippen LogP contribution in [0.15, 0.2) is 0 Å². The van der Waals surface area contributed by atoms with E-state index in [4.69, 9.17) is 9.90 Å². The van der Waals surface area contributed by atoms with E-state index in [0.717, 1.165) is 0 Å². The van der Waals surface area contributed by atoms with Crippen LogP contribution in [0.3, 0.4) is 0 Å². The van der Waals surface area contributed by atoms with Crippen molar-refractivity contribution < 1.29 is 9.90 Å². The van der Waals surface area contributed by atoms with E-state index in [1.807, 2.05) is 0 Å². The zero-order chi connectivity index (χ0) is 3.58. The molecule has 0 saturated carbocycles. The number of hydrogen-bond donors (Lipinski definition) is 1. The van der Waals surface area contributed by atoms with E-state index in [9.17, 15) is 0 Å². The Balaban J connectivity index is 0. The van der Waals surface area contributed by atoms with Crippen molar-refractivity contribution in [2.75, 3.05) is 0 Å². The fourth-order valence-electron chi connectivity index (χ4n) is 0. The predicted octanol–water partition coefficient (Wildman–Crippen LogP) is -0.743. The molecule has 0 fully saturated rings. The van der Waals surface area contributed by atoms with Crippen LogP contribution in [0.1, 0.15) is 0 Å². The van der Waals surface area contributed by atoms with Gasteiger partial charge in [-0.05, 0) is 0 Å². The number of carboxylic acid groups (broad SMARTS) is 1. The van der Waals surface area contributed by atoms with Gasteiger partial charge in [0.2, 0.25) is 0 Å². The van der Waals surface area contributed by atoms with Crippen molar-refractivity contribution >= 4 is 35.5 Å². The van der Waals surface area contributed by atoms with Crippen LogP contribution in [-0.2, 0) is 4.79 Å². The molecule has 0 aliphatic heterocycles. The van der Waals surface area contributed by atoms with E-state index in [2.05, 4.69) is 6.92 Å². The fraction of sp³-hybridized carbons (Fsp3) is 0. The molecule has 0 heterocycles. The van der Waals surface area contributed by atoms with Crippen LogP contribution in [-0.4, -0.2) is 40.6 Å². The molecule has 0 aromatic carbocycles. The molecule has 3 heteroatoms. The van der Waals surface area contributed by atoms with Crippen LogP contribution >= 0.6 is 0 Å². The summed E-state index contributed by atoms with van der Waals surface area (Å²) < 4.78 is 0. The van der Waals surface area contributed by atoms with Crippen molar-refractivity contribution in [1.29, 1.82) is 0 Å². The average Bonchev–Trinajstić information content (AvgIpc) is 0.811. The van der Waals surface area contributed by atoms with Gasteiger partial charge in [0.25, 0.3) is 0 Å². The molecule has 0 rings (SSSR count). The van der Waals surface area contributed by atoms with Gasteiger partial charge in [0, 0.05) is 0 Å². The standard InChI is InChI=1S/C2H3O2.Na.H/c1-2(3)4;;/h1H2,(H,3,4);;. The van der Waals surface area contributed by atoms with Crippen molar-refractivity contribution in [3.63, 3.8) is 0 Å². The number of aliphatic carboxylic acids is 1. The minimum absolute atomic E-state index is 0. The van der Waals surface area contributed by atoms with E-state index >= 15 is 0 Å². The SMILES string of the molecule is [CH2]C(=O)O.[NaH]. The first-order valence-corrected chi connectivity index (χ1v) is 0.781. The Hall–Kier alpha value is 0.470. The summed E-state index contributed by atoms with van der Waals surface area (Å²) in [6.07, 6.45) is 0. The minimum atomic E-state index is -1.08. The van der Waals surface area contributed by atoms with Crippen LogP contribution in [0.5, 0.6) is 0 Å². The first kappa shape index (κ1) is 9.08. The monoisotopic (exact) mass is 83.0 g/mol. The molecule has 1 N–H and O–H groups in total. The van der Waals surface area contributed by atoms with Gasteiger partial charge >= 0.3 is 35.5 Å². The second-order valence-electron chi connectivity index (χ2n) is 0.394. The van der Waals surface area contributed by atoms with Crippen LogP contribution in [0, 0.1) is 6.92 Å². The van der Waals surface area contributed by atoms with Crippen LogP contribution in [0.2, 0.25) is 0 Å². The second kappa shape index (κ2) is 4.47. The number of carbonyl (C=O) groups is 1. The van der Waals surface area contributed by atoms with Crippen molar-refractivity contribution in [2.24, 2.45) is 0 Å². The molecule has 0 bridgehead atoms. The Labute approximate surface area is 52.5 Å². The van der Waals surface area contributed by atoms with E-state index in [0.29, 0.717) is 0 Å². The van der Waals surface area contributed by atoms with E-state index in [-0.39, 0.29) is 29.6 Å². The van der Waals surface area contributed by atoms with Crippen molar-refractivity contribution in [2.45, 2.75) is 0 Å². The van der Waals surface area contributed by atoms with Gasteiger partial charge < -0.3 is 5.11 Å². The zero-order valence-electron chi connectivity index (χ0n) is 2.06. The van der Waals surface area contributed by atoms with Crippen molar-refractivity contribution in [3.05, 3.63) is 6.92 Å². The van der Waals surface area contributed by atoms with Gasteiger partial charge in [-0.15, -0.1) is 0 Å². The summed E-state index contributed by atoms with van der Waals surface area (Å²) in [4.78, 5) is 8.89. The Morgan fingerprint density at radius 3 is 1.80 bits per heavy atom. The molecule has 0 saturated heterocycles. The first-order chi connectivity index (χ1) is 1.73. The topological polar surface area (TPSA) is 37.3 Å².